The summed E-state index contributed by atoms with van der Waals surface area (Å²) >= 11 is 0. The van der Waals surface area contributed by atoms with Gasteiger partial charge in [0.15, 0.2) is 0 Å². The van der Waals surface area contributed by atoms with Crippen molar-refractivity contribution in [1.29, 1.82) is 0 Å². The van der Waals surface area contributed by atoms with Crippen molar-refractivity contribution in [1.82, 2.24) is 10.6 Å². The lowest BCUT2D eigenvalue weighted by atomic mass is 10.1. The van der Waals surface area contributed by atoms with Gasteiger partial charge in [-0.1, -0.05) is 13.8 Å². The molecule has 0 spiro atoms. The van der Waals surface area contributed by atoms with Crippen LogP contribution in [0.25, 0.3) is 0 Å². The fourth-order valence-electron chi connectivity index (χ4n) is 1.53. The fourth-order valence-corrected chi connectivity index (χ4v) is 1.53. The number of ether oxygens (including phenoxy) is 1. The number of hydrogen-bond acceptors (Lipinski definition) is 3. The number of carbonyl (C=O) groups is 1. The molecular weight excluding hydrogens is 192 g/mol. The molecule has 4 nitrogen and oxygen atoms in total. The van der Waals surface area contributed by atoms with Crippen LogP contribution in [0.5, 0.6) is 0 Å². The van der Waals surface area contributed by atoms with Crippen molar-refractivity contribution in [2.24, 2.45) is 11.8 Å². The zero-order valence-corrected chi connectivity index (χ0v) is 9.71. The summed E-state index contributed by atoms with van der Waals surface area (Å²) in [6.07, 6.45) is 1.16. The van der Waals surface area contributed by atoms with E-state index < -0.39 is 0 Å². The van der Waals surface area contributed by atoms with Gasteiger partial charge < -0.3 is 15.4 Å². The van der Waals surface area contributed by atoms with Crippen molar-refractivity contribution in [2.75, 3.05) is 32.8 Å². The van der Waals surface area contributed by atoms with Gasteiger partial charge in [-0.25, -0.2) is 0 Å². The topological polar surface area (TPSA) is 50.4 Å². The first-order valence-corrected chi connectivity index (χ1v) is 5.76. The second-order valence-corrected chi connectivity index (χ2v) is 4.38. The Bertz CT molecular complexity index is 189. The normalized spacial score (nSPS) is 20.9. The van der Waals surface area contributed by atoms with E-state index in [2.05, 4.69) is 10.6 Å². The Kier molecular flexibility index (Phi) is 5.65. The molecule has 1 unspecified atom stereocenters. The smallest absolute Gasteiger partial charge is 0.222 e. The molecule has 0 aromatic carbocycles. The first-order chi connectivity index (χ1) is 7.20. The maximum atomic E-state index is 11.2. The van der Waals surface area contributed by atoms with Crippen LogP contribution in [-0.4, -0.2) is 38.8 Å². The molecule has 1 fully saturated rings. The molecule has 2 N–H and O–H groups in total. The Hall–Kier alpha value is -0.610. The third-order valence-electron chi connectivity index (χ3n) is 2.58. The number of nitrogens with one attached hydrogen (secondary N) is 2. The van der Waals surface area contributed by atoms with Gasteiger partial charge in [0.05, 0.1) is 6.61 Å². The van der Waals surface area contributed by atoms with Crippen LogP contribution in [0.1, 0.15) is 20.3 Å². The van der Waals surface area contributed by atoms with Gasteiger partial charge in [-0.15, -0.1) is 0 Å². The Labute approximate surface area is 91.8 Å². The van der Waals surface area contributed by atoms with Crippen LogP contribution >= 0.6 is 0 Å². The summed E-state index contributed by atoms with van der Waals surface area (Å²) in [6, 6.07) is 0. The van der Waals surface area contributed by atoms with E-state index in [0.29, 0.717) is 12.5 Å². The molecule has 0 aromatic heterocycles. The van der Waals surface area contributed by atoms with E-state index in [1.807, 2.05) is 13.8 Å². The molecule has 0 aromatic rings. The fraction of sp³-hybridized carbons (Fsp3) is 0.909. The lowest BCUT2D eigenvalue weighted by molar-refractivity contribution is -0.123. The molecule has 1 saturated heterocycles. The van der Waals surface area contributed by atoms with Crippen molar-refractivity contribution in [3.63, 3.8) is 0 Å². The molecule has 0 aliphatic carbocycles. The van der Waals surface area contributed by atoms with Crippen LogP contribution in [0.4, 0.5) is 0 Å². The third kappa shape index (κ3) is 5.14. The first-order valence-electron chi connectivity index (χ1n) is 5.76. The van der Waals surface area contributed by atoms with Crippen LogP contribution in [0.2, 0.25) is 0 Å². The van der Waals surface area contributed by atoms with Crippen molar-refractivity contribution < 1.29 is 9.53 Å². The van der Waals surface area contributed by atoms with E-state index in [-0.39, 0.29) is 11.8 Å². The van der Waals surface area contributed by atoms with E-state index in [1.165, 1.54) is 0 Å². The van der Waals surface area contributed by atoms with Crippen molar-refractivity contribution >= 4 is 5.91 Å². The predicted octanol–water partition coefficient (Wildman–Crippen LogP) is 0.385. The maximum absolute atomic E-state index is 11.2. The molecule has 0 bridgehead atoms. The van der Waals surface area contributed by atoms with Crippen LogP contribution in [0, 0.1) is 11.8 Å². The Morgan fingerprint density at radius 2 is 2.27 bits per heavy atom. The minimum atomic E-state index is 0.0771. The van der Waals surface area contributed by atoms with Gasteiger partial charge in [0.25, 0.3) is 0 Å². The van der Waals surface area contributed by atoms with E-state index >= 15 is 0 Å². The van der Waals surface area contributed by atoms with Gasteiger partial charge in [-0.2, -0.15) is 0 Å². The van der Waals surface area contributed by atoms with Crippen LogP contribution in [-0.2, 0) is 9.53 Å². The van der Waals surface area contributed by atoms with E-state index in [1.54, 1.807) is 0 Å². The third-order valence-corrected chi connectivity index (χ3v) is 2.58. The van der Waals surface area contributed by atoms with Gasteiger partial charge >= 0.3 is 0 Å². The van der Waals surface area contributed by atoms with Gasteiger partial charge in [0, 0.05) is 32.2 Å². The summed E-state index contributed by atoms with van der Waals surface area (Å²) in [4.78, 5) is 11.2. The van der Waals surface area contributed by atoms with E-state index in [9.17, 15) is 4.79 Å². The van der Waals surface area contributed by atoms with Crippen LogP contribution in [0.3, 0.4) is 0 Å². The van der Waals surface area contributed by atoms with Gasteiger partial charge in [-0.05, 0) is 12.3 Å². The Morgan fingerprint density at radius 3 is 2.87 bits per heavy atom. The standard InChI is InChI=1S/C11H22N2O2/c1-9(2)11(14)13-5-4-12-7-10-3-6-15-8-10/h9-10,12H,3-8H2,1-2H3,(H,13,14). The number of hydrogen-bond donors (Lipinski definition) is 2. The summed E-state index contributed by atoms with van der Waals surface area (Å²) in [7, 11) is 0. The zero-order chi connectivity index (χ0) is 11.1. The van der Waals surface area contributed by atoms with Crippen LogP contribution in [0.15, 0.2) is 0 Å². The summed E-state index contributed by atoms with van der Waals surface area (Å²) in [5.41, 5.74) is 0. The number of rotatable bonds is 6. The van der Waals surface area contributed by atoms with Gasteiger partial charge in [0.1, 0.15) is 0 Å². The molecule has 88 valence electrons. The molecule has 1 aliphatic rings. The molecule has 1 atom stereocenters. The van der Waals surface area contributed by atoms with Gasteiger partial charge in [0.2, 0.25) is 5.91 Å². The SMILES string of the molecule is CC(C)C(=O)NCCNCC1CCOC1. The molecule has 4 heteroatoms. The molecule has 1 rings (SSSR count). The highest BCUT2D eigenvalue weighted by atomic mass is 16.5. The van der Waals surface area contributed by atoms with Crippen molar-refractivity contribution in [3.05, 3.63) is 0 Å². The lowest BCUT2D eigenvalue weighted by Crippen LogP contribution is -2.35. The Morgan fingerprint density at radius 1 is 1.47 bits per heavy atom. The molecule has 1 amide bonds. The quantitative estimate of drug-likeness (QED) is 0.629. The molecule has 1 heterocycles. The minimum absolute atomic E-state index is 0.0771. The molecule has 1 aliphatic heterocycles. The number of amides is 1. The predicted molar refractivity (Wildman–Crippen MR) is 59.6 cm³/mol. The highest BCUT2D eigenvalue weighted by Gasteiger charge is 2.14. The Balaban J connectivity index is 1.90. The van der Waals surface area contributed by atoms with Gasteiger partial charge in [-0.3, -0.25) is 4.79 Å². The van der Waals surface area contributed by atoms with E-state index in [0.717, 1.165) is 32.7 Å². The largest absolute Gasteiger partial charge is 0.381 e. The van der Waals surface area contributed by atoms with Crippen molar-refractivity contribution in [3.8, 4) is 0 Å². The van der Waals surface area contributed by atoms with Crippen LogP contribution < -0.4 is 10.6 Å². The highest BCUT2D eigenvalue weighted by Crippen LogP contribution is 2.10. The summed E-state index contributed by atoms with van der Waals surface area (Å²) in [5.74, 6) is 0.861. The summed E-state index contributed by atoms with van der Waals surface area (Å²) in [6.45, 7) is 8.14. The van der Waals surface area contributed by atoms with Crippen molar-refractivity contribution in [2.45, 2.75) is 20.3 Å². The minimum Gasteiger partial charge on any atom is -0.381 e. The van der Waals surface area contributed by atoms with E-state index in [4.69, 9.17) is 4.74 Å². The average Bonchev–Trinajstić information content (AvgIpc) is 2.69. The zero-order valence-electron chi connectivity index (χ0n) is 9.71. The summed E-state index contributed by atoms with van der Waals surface area (Å²) in [5, 5.41) is 6.20. The maximum Gasteiger partial charge on any atom is 0.222 e. The second-order valence-electron chi connectivity index (χ2n) is 4.38. The highest BCUT2D eigenvalue weighted by molar-refractivity contribution is 5.77. The lowest BCUT2D eigenvalue weighted by Gasteiger charge is -2.10. The monoisotopic (exact) mass is 214 g/mol. The molecule has 0 radical (unpaired) electrons. The molecule has 0 saturated carbocycles. The molecule has 15 heavy (non-hydrogen) atoms. The number of carbonyl (C=O) groups excluding carboxylic acids is 1. The first kappa shape index (κ1) is 12.5. The second kappa shape index (κ2) is 6.80. The average molecular weight is 214 g/mol. The summed E-state index contributed by atoms with van der Waals surface area (Å²) < 4.78 is 5.27. The molecular formula is C11H22N2O2.